The SMILES string of the molecule is CCc1nc(N)c(C)c(NCCc2nccs2)n1. The number of aryl methyl sites for hydroxylation is 1. The molecule has 96 valence electrons. The Morgan fingerprint density at radius 2 is 2.22 bits per heavy atom. The van der Waals surface area contributed by atoms with Crippen LogP contribution in [0, 0.1) is 6.92 Å². The molecule has 2 heterocycles. The van der Waals surface area contributed by atoms with Crippen LogP contribution in [0.2, 0.25) is 0 Å². The number of anilines is 2. The van der Waals surface area contributed by atoms with Gasteiger partial charge in [0.05, 0.1) is 5.01 Å². The van der Waals surface area contributed by atoms with Crippen molar-refractivity contribution in [3.8, 4) is 0 Å². The maximum atomic E-state index is 5.86. The van der Waals surface area contributed by atoms with Gasteiger partial charge in [0.15, 0.2) is 0 Å². The molecule has 0 aliphatic heterocycles. The number of aromatic nitrogens is 3. The van der Waals surface area contributed by atoms with Crippen LogP contribution in [0.15, 0.2) is 11.6 Å². The number of hydrogen-bond donors (Lipinski definition) is 2. The first-order valence-corrected chi connectivity index (χ1v) is 6.84. The Morgan fingerprint density at radius 1 is 1.39 bits per heavy atom. The molecule has 0 saturated carbocycles. The van der Waals surface area contributed by atoms with Gasteiger partial charge in [0.2, 0.25) is 0 Å². The molecule has 0 aromatic carbocycles. The predicted octanol–water partition coefficient (Wildman–Crippen LogP) is 2.04. The minimum Gasteiger partial charge on any atom is -0.383 e. The van der Waals surface area contributed by atoms with Crippen LogP contribution >= 0.6 is 11.3 Å². The van der Waals surface area contributed by atoms with Gasteiger partial charge < -0.3 is 11.1 Å². The molecule has 6 heteroatoms. The van der Waals surface area contributed by atoms with Crippen molar-refractivity contribution < 1.29 is 0 Å². The van der Waals surface area contributed by atoms with Gasteiger partial charge in [-0.05, 0) is 6.92 Å². The molecule has 18 heavy (non-hydrogen) atoms. The topological polar surface area (TPSA) is 76.7 Å². The van der Waals surface area contributed by atoms with E-state index in [2.05, 4.69) is 20.3 Å². The van der Waals surface area contributed by atoms with Gasteiger partial charge in [-0.2, -0.15) is 0 Å². The second kappa shape index (κ2) is 5.77. The average molecular weight is 263 g/mol. The Kier molecular flexibility index (Phi) is 4.09. The predicted molar refractivity (Wildman–Crippen MR) is 74.9 cm³/mol. The lowest BCUT2D eigenvalue weighted by Gasteiger charge is -2.10. The third-order valence-electron chi connectivity index (χ3n) is 2.66. The number of rotatable bonds is 5. The summed E-state index contributed by atoms with van der Waals surface area (Å²) >= 11 is 1.66. The lowest BCUT2D eigenvalue weighted by Crippen LogP contribution is -2.11. The summed E-state index contributed by atoms with van der Waals surface area (Å²) < 4.78 is 0. The highest BCUT2D eigenvalue weighted by molar-refractivity contribution is 7.09. The molecule has 0 fully saturated rings. The van der Waals surface area contributed by atoms with Crippen LogP contribution in [0.25, 0.3) is 0 Å². The first-order valence-electron chi connectivity index (χ1n) is 5.96. The Hall–Kier alpha value is -1.69. The van der Waals surface area contributed by atoms with Crippen LogP contribution in [0.3, 0.4) is 0 Å². The quantitative estimate of drug-likeness (QED) is 0.863. The van der Waals surface area contributed by atoms with Crippen molar-refractivity contribution in [1.29, 1.82) is 0 Å². The molecule has 0 radical (unpaired) electrons. The minimum absolute atomic E-state index is 0.554. The van der Waals surface area contributed by atoms with Crippen LogP contribution in [0.5, 0.6) is 0 Å². The molecular formula is C12H17N5S. The van der Waals surface area contributed by atoms with Crippen molar-refractivity contribution in [1.82, 2.24) is 15.0 Å². The lowest BCUT2D eigenvalue weighted by atomic mass is 10.3. The van der Waals surface area contributed by atoms with Gasteiger partial charge in [0.25, 0.3) is 0 Å². The summed E-state index contributed by atoms with van der Waals surface area (Å²) in [6.07, 6.45) is 3.50. The summed E-state index contributed by atoms with van der Waals surface area (Å²) in [4.78, 5) is 12.9. The standard InChI is InChI=1S/C12H17N5S/c1-3-9-16-11(13)8(2)12(17-9)15-5-4-10-14-6-7-18-10/h6-7H,3-5H2,1-2H3,(H3,13,15,16,17). The molecule has 2 aromatic heterocycles. The van der Waals surface area contributed by atoms with Crippen LogP contribution < -0.4 is 11.1 Å². The normalized spacial score (nSPS) is 10.6. The van der Waals surface area contributed by atoms with E-state index in [0.29, 0.717) is 5.82 Å². The van der Waals surface area contributed by atoms with Crippen LogP contribution in [0.1, 0.15) is 23.3 Å². The fourth-order valence-corrected chi connectivity index (χ4v) is 2.20. The number of hydrogen-bond acceptors (Lipinski definition) is 6. The second-order valence-electron chi connectivity index (χ2n) is 3.95. The van der Waals surface area contributed by atoms with E-state index >= 15 is 0 Å². The highest BCUT2D eigenvalue weighted by Gasteiger charge is 2.07. The van der Waals surface area contributed by atoms with E-state index < -0.39 is 0 Å². The Labute approximate surface area is 111 Å². The molecule has 0 unspecified atom stereocenters. The van der Waals surface area contributed by atoms with Crippen molar-refractivity contribution in [2.75, 3.05) is 17.6 Å². The Balaban J connectivity index is 2.02. The van der Waals surface area contributed by atoms with Crippen molar-refractivity contribution in [2.24, 2.45) is 0 Å². The highest BCUT2D eigenvalue weighted by atomic mass is 32.1. The van der Waals surface area contributed by atoms with Crippen molar-refractivity contribution >= 4 is 23.0 Å². The summed E-state index contributed by atoms with van der Waals surface area (Å²) in [6.45, 7) is 4.75. The molecule has 0 saturated heterocycles. The number of nitrogens with one attached hydrogen (secondary N) is 1. The van der Waals surface area contributed by atoms with Gasteiger partial charge in [0.1, 0.15) is 17.5 Å². The van der Waals surface area contributed by atoms with Gasteiger partial charge in [-0.25, -0.2) is 15.0 Å². The smallest absolute Gasteiger partial charge is 0.134 e. The third kappa shape index (κ3) is 2.95. The van der Waals surface area contributed by atoms with Gasteiger partial charge in [-0.15, -0.1) is 11.3 Å². The molecule has 0 aliphatic carbocycles. The van der Waals surface area contributed by atoms with Crippen LogP contribution in [0.4, 0.5) is 11.6 Å². The molecule has 0 bridgehead atoms. The molecule has 3 N–H and O–H groups in total. The number of nitrogens with two attached hydrogens (primary N) is 1. The number of nitrogens with zero attached hydrogens (tertiary/aromatic N) is 3. The first-order chi connectivity index (χ1) is 8.70. The lowest BCUT2D eigenvalue weighted by molar-refractivity contribution is 0.918. The van der Waals surface area contributed by atoms with Gasteiger partial charge >= 0.3 is 0 Å². The zero-order chi connectivity index (χ0) is 13.0. The number of nitrogen functional groups attached to an aromatic ring is 1. The van der Waals surface area contributed by atoms with Crippen LogP contribution in [-0.2, 0) is 12.8 Å². The summed E-state index contributed by atoms with van der Waals surface area (Å²) in [5, 5.41) is 6.41. The van der Waals surface area contributed by atoms with Crippen molar-refractivity contribution in [3.05, 3.63) is 28.0 Å². The van der Waals surface area contributed by atoms with E-state index in [1.807, 2.05) is 25.4 Å². The molecule has 0 spiro atoms. The summed E-state index contributed by atoms with van der Waals surface area (Å²) in [5.74, 6) is 2.16. The van der Waals surface area contributed by atoms with Gasteiger partial charge in [0, 0.05) is 36.5 Å². The Morgan fingerprint density at radius 3 is 2.89 bits per heavy atom. The van der Waals surface area contributed by atoms with E-state index in [1.54, 1.807) is 11.3 Å². The molecule has 0 amide bonds. The summed E-state index contributed by atoms with van der Waals surface area (Å²) in [6, 6.07) is 0. The number of thiazole rings is 1. The van der Waals surface area contributed by atoms with E-state index in [1.165, 1.54) is 0 Å². The van der Waals surface area contributed by atoms with Crippen molar-refractivity contribution in [2.45, 2.75) is 26.7 Å². The summed E-state index contributed by atoms with van der Waals surface area (Å²) in [5.41, 5.74) is 6.77. The fourth-order valence-electron chi connectivity index (χ4n) is 1.58. The Bertz CT molecular complexity index is 509. The third-order valence-corrected chi connectivity index (χ3v) is 3.50. The molecule has 0 atom stereocenters. The molecular weight excluding hydrogens is 246 g/mol. The monoisotopic (exact) mass is 263 g/mol. The molecule has 5 nitrogen and oxygen atoms in total. The maximum absolute atomic E-state index is 5.86. The fraction of sp³-hybridized carbons (Fsp3) is 0.417. The second-order valence-corrected chi connectivity index (χ2v) is 4.93. The average Bonchev–Trinajstić information content (AvgIpc) is 2.87. The zero-order valence-electron chi connectivity index (χ0n) is 10.6. The van der Waals surface area contributed by atoms with E-state index in [-0.39, 0.29) is 0 Å². The highest BCUT2D eigenvalue weighted by Crippen LogP contribution is 2.17. The van der Waals surface area contributed by atoms with E-state index in [4.69, 9.17) is 5.73 Å². The minimum atomic E-state index is 0.554. The van der Waals surface area contributed by atoms with Gasteiger partial charge in [-0.3, -0.25) is 0 Å². The van der Waals surface area contributed by atoms with Crippen molar-refractivity contribution in [3.63, 3.8) is 0 Å². The van der Waals surface area contributed by atoms with Gasteiger partial charge in [-0.1, -0.05) is 6.92 Å². The van der Waals surface area contributed by atoms with Crippen LogP contribution in [-0.4, -0.2) is 21.5 Å². The van der Waals surface area contributed by atoms with E-state index in [9.17, 15) is 0 Å². The molecule has 0 aliphatic rings. The first kappa shape index (κ1) is 12.8. The van der Waals surface area contributed by atoms with E-state index in [0.717, 1.165) is 41.6 Å². The molecule has 2 aromatic rings. The summed E-state index contributed by atoms with van der Waals surface area (Å²) in [7, 11) is 0. The maximum Gasteiger partial charge on any atom is 0.134 e. The molecule has 2 rings (SSSR count). The zero-order valence-corrected chi connectivity index (χ0v) is 11.4. The largest absolute Gasteiger partial charge is 0.383 e.